The van der Waals surface area contributed by atoms with Crippen molar-refractivity contribution in [3.63, 3.8) is 0 Å². The molecule has 3 aliphatic heterocycles. The summed E-state index contributed by atoms with van der Waals surface area (Å²) >= 11 is 0. The van der Waals surface area contributed by atoms with Crippen molar-refractivity contribution < 1.29 is 32.6 Å². The molecule has 8 heteroatoms. The van der Waals surface area contributed by atoms with Gasteiger partial charge in [-0.15, -0.1) is 0 Å². The zero-order chi connectivity index (χ0) is 22.4. The maximum atomic E-state index is 15.1. The number of nitrogens with zero attached hydrogens (tertiary/aromatic N) is 1. The summed E-state index contributed by atoms with van der Waals surface area (Å²) in [6.45, 7) is -0.274. The maximum absolute atomic E-state index is 15.1. The average Bonchev–Trinajstić information content (AvgIpc) is 3.53. The Bertz CT molecular complexity index is 1000. The summed E-state index contributed by atoms with van der Waals surface area (Å²) < 4.78 is 44.8. The Morgan fingerprint density at radius 3 is 2.56 bits per heavy atom. The third kappa shape index (κ3) is 3.78. The number of epoxide rings is 1. The number of likely N-dealkylation sites (N-methyl/N-ethyl adjacent to an activating group) is 1. The number of carbonyl (C=O) groups excluding carboxylic acids is 2. The van der Waals surface area contributed by atoms with Crippen LogP contribution in [0.1, 0.15) is 28.3 Å². The van der Waals surface area contributed by atoms with E-state index in [0.29, 0.717) is 12.0 Å². The van der Waals surface area contributed by atoms with Crippen molar-refractivity contribution >= 4 is 11.9 Å². The van der Waals surface area contributed by atoms with Crippen molar-refractivity contribution in [1.82, 2.24) is 4.90 Å². The standard InChI is InChI=1S/C24H23F2NO5/c1-27-17-11-18(19(26)20(27)22-21(17)32-22)31-24(29)16(13-5-3-2-4-6-13)12-30-23(28)14-7-9-15(25)10-8-14/h2-10,16-22H,11-12H2,1H3/t16?,17?,18-,19?,20?,21-,22+/m1/s1. The second-order valence-electron chi connectivity index (χ2n) is 8.51. The van der Waals surface area contributed by atoms with Crippen LogP contribution in [0.15, 0.2) is 54.6 Å². The Kier molecular flexibility index (Phi) is 5.43. The summed E-state index contributed by atoms with van der Waals surface area (Å²) in [5.74, 6) is -2.70. The highest BCUT2D eigenvalue weighted by atomic mass is 19.1. The van der Waals surface area contributed by atoms with E-state index >= 15 is 4.39 Å². The van der Waals surface area contributed by atoms with Crippen molar-refractivity contribution in [2.45, 2.75) is 48.9 Å². The van der Waals surface area contributed by atoms with Gasteiger partial charge in [-0.25, -0.2) is 13.6 Å². The predicted molar refractivity (Wildman–Crippen MR) is 109 cm³/mol. The summed E-state index contributed by atoms with van der Waals surface area (Å²) in [6.07, 6.45) is -1.99. The third-order valence-electron chi connectivity index (χ3n) is 6.64. The molecule has 0 amide bonds. The fourth-order valence-corrected chi connectivity index (χ4v) is 4.86. The lowest BCUT2D eigenvalue weighted by atomic mass is 9.96. The van der Waals surface area contributed by atoms with Crippen LogP contribution >= 0.6 is 0 Å². The van der Waals surface area contributed by atoms with E-state index in [2.05, 4.69) is 0 Å². The normalized spacial score (nSPS) is 31.5. The molecule has 3 aliphatic rings. The molecule has 4 unspecified atom stereocenters. The Labute approximate surface area is 184 Å². The smallest absolute Gasteiger partial charge is 0.338 e. The van der Waals surface area contributed by atoms with Gasteiger partial charge in [-0.05, 0) is 36.9 Å². The molecule has 0 N–H and O–H groups in total. The molecule has 0 saturated carbocycles. The molecule has 2 aromatic rings. The molecule has 3 heterocycles. The Balaban J connectivity index is 1.28. The molecule has 32 heavy (non-hydrogen) atoms. The molecule has 0 spiro atoms. The Morgan fingerprint density at radius 2 is 1.84 bits per heavy atom. The first kappa shape index (κ1) is 21.0. The van der Waals surface area contributed by atoms with Gasteiger partial charge in [-0.1, -0.05) is 30.3 Å². The van der Waals surface area contributed by atoms with Crippen LogP contribution in [-0.4, -0.2) is 67.1 Å². The van der Waals surface area contributed by atoms with Gasteiger partial charge in [0.25, 0.3) is 0 Å². The minimum Gasteiger partial charge on any atom is -0.461 e. The number of hydrogen-bond acceptors (Lipinski definition) is 6. The number of alkyl halides is 1. The van der Waals surface area contributed by atoms with Gasteiger partial charge < -0.3 is 14.2 Å². The van der Waals surface area contributed by atoms with Gasteiger partial charge in [0, 0.05) is 12.5 Å². The molecule has 0 aliphatic carbocycles. The van der Waals surface area contributed by atoms with Crippen LogP contribution in [0.25, 0.3) is 0 Å². The predicted octanol–water partition coefficient (Wildman–Crippen LogP) is 2.87. The van der Waals surface area contributed by atoms with Crippen molar-refractivity contribution in [3.8, 4) is 0 Å². The zero-order valence-corrected chi connectivity index (χ0v) is 17.4. The minimum absolute atomic E-state index is 0.00790. The van der Waals surface area contributed by atoms with Crippen molar-refractivity contribution in [2.75, 3.05) is 13.7 Å². The highest BCUT2D eigenvalue weighted by Gasteiger charge is 2.67. The number of piperidine rings is 1. The molecule has 7 atom stereocenters. The van der Waals surface area contributed by atoms with Gasteiger partial charge >= 0.3 is 11.9 Å². The van der Waals surface area contributed by atoms with E-state index in [1.165, 1.54) is 12.1 Å². The fraction of sp³-hybridized carbons (Fsp3) is 0.417. The molecule has 5 rings (SSSR count). The number of rotatable bonds is 6. The summed E-state index contributed by atoms with van der Waals surface area (Å²) in [7, 11) is 1.87. The van der Waals surface area contributed by atoms with E-state index < -0.39 is 42.0 Å². The van der Waals surface area contributed by atoms with Gasteiger partial charge in [0.1, 0.15) is 36.7 Å². The highest BCUT2D eigenvalue weighted by Crippen LogP contribution is 2.49. The number of halogens is 2. The van der Waals surface area contributed by atoms with Gasteiger partial charge in [-0.3, -0.25) is 9.69 Å². The quantitative estimate of drug-likeness (QED) is 0.505. The molecule has 3 fully saturated rings. The van der Waals surface area contributed by atoms with E-state index in [4.69, 9.17) is 14.2 Å². The Morgan fingerprint density at radius 1 is 1.12 bits per heavy atom. The molecular weight excluding hydrogens is 420 g/mol. The van der Waals surface area contributed by atoms with Gasteiger partial charge in [0.15, 0.2) is 6.17 Å². The van der Waals surface area contributed by atoms with Gasteiger partial charge in [0.2, 0.25) is 0 Å². The second kappa shape index (κ2) is 8.26. The average molecular weight is 443 g/mol. The van der Waals surface area contributed by atoms with Gasteiger partial charge in [-0.2, -0.15) is 0 Å². The number of esters is 2. The largest absolute Gasteiger partial charge is 0.461 e. The van der Waals surface area contributed by atoms with E-state index in [1.54, 1.807) is 30.3 Å². The van der Waals surface area contributed by atoms with Crippen LogP contribution in [0.2, 0.25) is 0 Å². The molecule has 6 nitrogen and oxygen atoms in total. The molecule has 2 aromatic carbocycles. The first-order valence-electron chi connectivity index (χ1n) is 10.6. The first-order chi connectivity index (χ1) is 15.4. The summed E-state index contributed by atoms with van der Waals surface area (Å²) in [4.78, 5) is 27.4. The number of ether oxygens (including phenoxy) is 3. The van der Waals surface area contributed by atoms with E-state index in [1.807, 2.05) is 11.9 Å². The third-order valence-corrected chi connectivity index (χ3v) is 6.64. The van der Waals surface area contributed by atoms with Crippen molar-refractivity contribution in [1.29, 1.82) is 0 Å². The summed E-state index contributed by atoms with van der Waals surface area (Å²) in [6, 6.07) is 13.3. The second-order valence-corrected chi connectivity index (χ2v) is 8.51. The number of benzene rings is 2. The Hall–Kier alpha value is -2.84. The molecule has 0 aromatic heterocycles. The van der Waals surface area contributed by atoms with Crippen molar-refractivity contribution in [3.05, 3.63) is 71.5 Å². The molecule has 0 radical (unpaired) electrons. The molecular formula is C24H23F2NO5. The van der Waals surface area contributed by atoms with Crippen LogP contribution in [-0.2, 0) is 19.0 Å². The van der Waals surface area contributed by atoms with Crippen molar-refractivity contribution in [2.24, 2.45) is 0 Å². The van der Waals surface area contributed by atoms with Crippen LogP contribution in [0.4, 0.5) is 8.78 Å². The SMILES string of the molecule is CN1C2C[C@@H](OC(=O)C(COC(=O)c3ccc(F)cc3)c3ccccc3)C(F)C1[C@@H]1O[C@H]21. The number of carbonyl (C=O) groups is 2. The van der Waals surface area contributed by atoms with Crippen LogP contribution in [0, 0.1) is 5.82 Å². The van der Waals surface area contributed by atoms with E-state index in [9.17, 15) is 14.0 Å². The summed E-state index contributed by atoms with van der Waals surface area (Å²) in [5, 5.41) is 0. The lowest BCUT2D eigenvalue weighted by Crippen LogP contribution is -2.55. The lowest BCUT2D eigenvalue weighted by molar-refractivity contribution is -0.163. The van der Waals surface area contributed by atoms with E-state index in [0.717, 1.165) is 12.1 Å². The number of morpholine rings is 1. The summed E-state index contributed by atoms with van der Waals surface area (Å²) in [5.41, 5.74) is 0.767. The number of hydrogen-bond donors (Lipinski definition) is 0. The molecule has 2 bridgehead atoms. The van der Waals surface area contributed by atoms with E-state index in [-0.39, 0.29) is 30.4 Å². The van der Waals surface area contributed by atoms with Crippen LogP contribution < -0.4 is 0 Å². The highest BCUT2D eigenvalue weighted by molar-refractivity contribution is 5.89. The van der Waals surface area contributed by atoms with Crippen LogP contribution in [0.5, 0.6) is 0 Å². The molecule has 168 valence electrons. The van der Waals surface area contributed by atoms with Crippen LogP contribution in [0.3, 0.4) is 0 Å². The lowest BCUT2D eigenvalue weighted by Gasteiger charge is -2.40. The minimum atomic E-state index is -1.35. The topological polar surface area (TPSA) is 68.4 Å². The number of fused-ring (bicyclic) bond motifs is 5. The zero-order valence-electron chi connectivity index (χ0n) is 17.4. The first-order valence-corrected chi connectivity index (χ1v) is 10.6. The monoisotopic (exact) mass is 443 g/mol. The van der Waals surface area contributed by atoms with Gasteiger partial charge in [0.05, 0.1) is 11.6 Å². The maximum Gasteiger partial charge on any atom is 0.338 e. The molecule has 3 saturated heterocycles. The fourth-order valence-electron chi connectivity index (χ4n) is 4.86.